The van der Waals surface area contributed by atoms with Crippen LogP contribution in [0.4, 0.5) is 5.13 Å². The molecule has 0 saturated heterocycles. The molecule has 2 aromatic heterocycles. The minimum absolute atomic E-state index is 0.105. The molecule has 0 unspecified atom stereocenters. The molecule has 2 heterocycles. The van der Waals surface area contributed by atoms with Crippen LogP contribution in [0.1, 0.15) is 43.3 Å². The van der Waals surface area contributed by atoms with Crippen LogP contribution in [0, 0.1) is 12.8 Å². The molecule has 8 heteroatoms. The van der Waals surface area contributed by atoms with E-state index in [2.05, 4.69) is 26.7 Å². The van der Waals surface area contributed by atoms with E-state index in [0.29, 0.717) is 40.7 Å². The number of para-hydroxylation sites is 1. The number of aromatic amines is 1. The lowest BCUT2D eigenvalue weighted by Gasteiger charge is -2.19. The monoisotopic (exact) mass is 472 g/mol. The Morgan fingerprint density at radius 2 is 1.91 bits per heavy atom. The Morgan fingerprint density at radius 1 is 1.12 bits per heavy atom. The highest BCUT2D eigenvalue weighted by Crippen LogP contribution is 2.32. The average molecular weight is 473 g/mol. The molecule has 2 amide bonds. The van der Waals surface area contributed by atoms with Gasteiger partial charge >= 0.3 is 0 Å². The molecular weight excluding hydrogens is 448 g/mol. The van der Waals surface area contributed by atoms with E-state index in [1.165, 1.54) is 11.3 Å². The zero-order valence-corrected chi connectivity index (χ0v) is 19.5. The number of amides is 2. The second kappa shape index (κ2) is 9.23. The minimum Gasteiger partial charge on any atom is -0.361 e. The standard InChI is InChI=1S/C26H24N4O3S/c1-15-6-2-3-7-18(15)25(33)30-26-29-21-12-17(13-22(31)23(21)34-26)24(32)27-11-10-16-14-28-20-9-5-4-8-19(16)20/h2-9,14,17,28H,10-13H2,1H3,(H,27,32)(H,29,30,33)/t17-/m0/s1. The molecule has 0 radical (unpaired) electrons. The molecule has 1 aliphatic carbocycles. The fraction of sp³-hybridized carbons (Fsp3) is 0.231. The Bertz CT molecular complexity index is 1400. The zero-order valence-electron chi connectivity index (χ0n) is 18.7. The lowest BCUT2D eigenvalue weighted by Crippen LogP contribution is -2.36. The second-order valence-corrected chi connectivity index (χ2v) is 9.49. The van der Waals surface area contributed by atoms with Crippen molar-refractivity contribution in [3.63, 3.8) is 0 Å². The number of rotatable bonds is 6. The van der Waals surface area contributed by atoms with Crippen LogP contribution in [0.5, 0.6) is 0 Å². The number of aromatic nitrogens is 2. The number of ketones is 1. The van der Waals surface area contributed by atoms with E-state index >= 15 is 0 Å². The molecule has 1 aliphatic rings. The molecule has 5 rings (SSSR count). The first kappa shape index (κ1) is 22.0. The molecule has 0 spiro atoms. The quantitative estimate of drug-likeness (QED) is 0.389. The van der Waals surface area contributed by atoms with Crippen molar-refractivity contribution >= 4 is 45.0 Å². The third-order valence-electron chi connectivity index (χ3n) is 6.17. The molecule has 3 N–H and O–H groups in total. The minimum atomic E-state index is -0.454. The Labute approximate surface area is 200 Å². The molecule has 172 valence electrons. The number of aryl methyl sites for hydroxylation is 1. The van der Waals surface area contributed by atoms with Gasteiger partial charge in [0.2, 0.25) is 5.91 Å². The Hall–Kier alpha value is -3.78. The normalized spacial score (nSPS) is 15.2. The van der Waals surface area contributed by atoms with Gasteiger partial charge in [0.25, 0.3) is 5.91 Å². The van der Waals surface area contributed by atoms with Crippen LogP contribution < -0.4 is 10.6 Å². The molecular formula is C26H24N4O3S. The van der Waals surface area contributed by atoms with Gasteiger partial charge in [-0.15, -0.1) is 0 Å². The van der Waals surface area contributed by atoms with Gasteiger partial charge in [-0.2, -0.15) is 0 Å². The van der Waals surface area contributed by atoms with Crippen molar-refractivity contribution in [3.05, 3.63) is 82.0 Å². The SMILES string of the molecule is Cc1ccccc1C(=O)Nc1nc2c(s1)C(=O)C[C@@H](C(=O)NCCc1c[nH]c3ccccc13)C2. The summed E-state index contributed by atoms with van der Waals surface area (Å²) in [5.41, 5.74) is 4.23. The second-order valence-electron chi connectivity index (χ2n) is 8.49. The maximum atomic E-state index is 12.8. The van der Waals surface area contributed by atoms with Gasteiger partial charge in [0, 0.05) is 42.0 Å². The molecule has 7 nitrogen and oxygen atoms in total. The predicted octanol–water partition coefficient (Wildman–Crippen LogP) is 4.29. The number of H-pyrrole nitrogens is 1. The zero-order chi connectivity index (χ0) is 23.7. The summed E-state index contributed by atoms with van der Waals surface area (Å²) in [5.74, 6) is -0.961. The third kappa shape index (κ3) is 4.36. The summed E-state index contributed by atoms with van der Waals surface area (Å²) in [6.07, 6.45) is 3.21. The highest BCUT2D eigenvalue weighted by atomic mass is 32.1. The van der Waals surface area contributed by atoms with Crippen LogP contribution in [-0.2, 0) is 17.6 Å². The van der Waals surface area contributed by atoms with E-state index in [9.17, 15) is 14.4 Å². The van der Waals surface area contributed by atoms with Crippen LogP contribution in [0.3, 0.4) is 0 Å². The average Bonchev–Trinajstić information content (AvgIpc) is 3.43. The number of anilines is 1. The number of Topliss-reactive ketones (excluding diaryl/α,β-unsaturated/α-hetero) is 1. The summed E-state index contributed by atoms with van der Waals surface area (Å²) in [6, 6.07) is 15.4. The summed E-state index contributed by atoms with van der Waals surface area (Å²) < 4.78 is 0. The number of thiazole rings is 1. The van der Waals surface area contributed by atoms with E-state index in [1.807, 2.05) is 43.5 Å². The van der Waals surface area contributed by atoms with Crippen LogP contribution in [0.15, 0.2) is 54.7 Å². The predicted molar refractivity (Wildman–Crippen MR) is 132 cm³/mol. The lowest BCUT2D eigenvalue weighted by atomic mass is 9.89. The highest BCUT2D eigenvalue weighted by molar-refractivity contribution is 7.17. The van der Waals surface area contributed by atoms with E-state index in [1.54, 1.807) is 12.1 Å². The number of hydrogen-bond acceptors (Lipinski definition) is 5. The van der Waals surface area contributed by atoms with Gasteiger partial charge < -0.3 is 10.3 Å². The Kier molecular flexibility index (Phi) is 5.98. The van der Waals surface area contributed by atoms with Crippen LogP contribution in [0.25, 0.3) is 10.9 Å². The number of nitrogens with one attached hydrogen (secondary N) is 3. The fourth-order valence-corrected chi connectivity index (χ4v) is 5.30. The molecule has 0 fully saturated rings. The number of hydrogen-bond donors (Lipinski definition) is 3. The van der Waals surface area contributed by atoms with Crippen LogP contribution in [-0.4, -0.2) is 34.1 Å². The van der Waals surface area contributed by atoms with Crippen molar-refractivity contribution in [2.24, 2.45) is 5.92 Å². The maximum absolute atomic E-state index is 12.8. The lowest BCUT2D eigenvalue weighted by molar-refractivity contribution is -0.125. The summed E-state index contributed by atoms with van der Waals surface area (Å²) in [6.45, 7) is 2.36. The van der Waals surface area contributed by atoms with Crippen molar-refractivity contribution in [1.29, 1.82) is 0 Å². The summed E-state index contributed by atoms with van der Waals surface area (Å²) in [5, 5.41) is 7.30. The fourth-order valence-electron chi connectivity index (χ4n) is 4.36. The highest BCUT2D eigenvalue weighted by Gasteiger charge is 2.33. The number of benzene rings is 2. The van der Waals surface area contributed by atoms with Crippen molar-refractivity contribution in [2.45, 2.75) is 26.2 Å². The molecule has 0 bridgehead atoms. The molecule has 0 aliphatic heterocycles. The maximum Gasteiger partial charge on any atom is 0.257 e. The van der Waals surface area contributed by atoms with Crippen LogP contribution >= 0.6 is 11.3 Å². The third-order valence-corrected chi connectivity index (χ3v) is 7.23. The van der Waals surface area contributed by atoms with Gasteiger partial charge in [0.1, 0.15) is 0 Å². The smallest absolute Gasteiger partial charge is 0.257 e. The number of carbonyl (C=O) groups excluding carboxylic acids is 3. The van der Waals surface area contributed by atoms with Crippen molar-refractivity contribution in [2.75, 3.05) is 11.9 Å². The largest absolute Gasteiger partial charge is 0.361 e. The molecule has 2 aromatic carbocycles. The summed E-state index contributed by atoms with van der Waals surface area (Å²) in [7, 11) is 0. The first-order valence-electron chi connectivity index (χ1n) is 11.2. The topological polar surface area (TPSA) is 104 Å². The molecule has 34 heavy (non-hydrogen) atoms. The molecule has 4 aromatic rings. The molecule has 1 atom stereocenters. The Balaban J connectivity index is 1.21. The van der Waals surface area contributed by atoms with E-state index in [0.717, 1.165) is 22.0 Å². The van der Waals surface area contributed by atoms with Gasteiger partial charge in [0.05, 0.1) is 16.5 Å². The molecule has 0 saturated carbocycles. The number of carbonyl (C=O) groups is 3. The van der Waals surface area contributed by atoms with Gasteiger partial charge in [0.15, 0.2) is 10.9 Å². The van der Waals surface area contributed by atoms with Gasteiger partial charge in [-0.05, 0) is 36.6 Å². The van der Waals surface area contributed by atoms with Gasteiger partial charge in [-0.3, -0.25) is 19.7 Å². The number of fused-ring (bicyclic) bond motifs is 2. The van der Waals surface area contributed by atoms with E-state index in [-0.39, 0.29) is 24.0 Å². The van der Waals surface area contributed by atoms with Crippen LogP contribution in [0.2, 0.25) is 0 Å². The van der Waals surface area contributed by atoms with E-state index < -0.39 is 5.92 Å². The van der Waals surface area contributed by atoms with Crippen molar-refractivity contribution in [3.8, 4) is 0 Å². The first-order valence-corrected chi connectivity index (χ1v) is 12.0. The summed E-state index contributed by atoms with van der Waals surface area (Å²) >= 11 is 1.18. The summed E-state index contributed by atoms with van der Waals surface area (Å²) in [4.78, 5) is 46.3. The number of nitrogens with zero attached hydrogens (tertiary/aromatic N) is 1. The van der Waals surface area contributed by atoms with E-state index in [4.69, 9.17) is 0 Å². The first-order chi connectivity index (χ1) is 16.5. The van der Waals surface area contributed by atoms with Gasteiger partial charge in [-0.1, -0.05) is 47.7 Å². The van der Waals surface area contributed by atoms with Crippen molar-refractivity contribution < 1.29 is 14.4 Å². The Morgan fingerprint density at radius 3 is 2.76 bits per heavy atom. The van der Waals surface area contributed by atoms with Crippen molar-refractivity contribution in [1.82, 2.24) is 15.3 Å². The van der Waals surface area contributed by atoms with Gasteiger partial charge in [-0.25, -0.2) is 4.98 Å².